The Labute approximate surface area is 433 Å². The maximum absolute atomic E-state index is 12.9. The first kappa shape index (κ1) is 66.3. The SMILES string of the molecule is CC/C=C\C/C=C\C/C=C\C/C=C\C/C=C\CCCCCCOCC(COC(=O)CCC/C=C\C/C=C\C/C=C\C/C=C\C/C=C\CC)OC(=O)CCCCCCCCCCCCCCCCCCC. The van der Waals surface area contributed by atoms with E-state index in [1.54, 1.807) is 0 Å². The minimum absolute atomic E-state index is 0.0402. The normalized spacial score (nSPS) is 13.1. The van der Waals surface area contributed by atoms with Gasteiger partial charge in [-0.1, -0.05) is 258 Å². The molecule has 0 saturated heterocycles. The second-order valence-electron chi connectivity index (χ2n) is 18.8. The summed E-state index contributed by atoms with van der Waals surface area (Å²) in [7, 11) is 0. The Morgan fingerprint density at radius 3 is 1.07 bits per heavy atom. The van der Waals surface area contributed by atoms with Gasteiger partial charge in [-0.15, -0.1) is 0 Å². The van der Waals surface area contributed by atoms with Gasteiger partial charge >= 0.3 is 11.9 Å². The van der Waals surface area contributed by atoms with Gasteiger partial charge in [0.05, 0.1) is 6.61 Å². The van der Waals surface area contributed by atoms with E-state index >= 15 is 0 Å². The molecule has 0 bridgehead atoms. The van der Waals surface area contributed by atoms with Crippen LogP contribution in [0.4, 0.5) is 0 Å². The largest absolute Gasteiger partial charge is 0.462 e. The van der Waals surface area contributed by atoms with Crippen molar-refractivity contribution in [3.8, 4) is 0 Å². The molecular formula is C65H108O5. The van der Waals surface area contributed by atoms with Crippen molar-refractivity contribution < 1.29 is 23.8 Å². The molecule has 1 unspecified atom stereocenters. The molecule has 0 N–H and O–H groups in total. The maximum atomic E-state index is 12.9. The molecule has 0 aromatic heterocycles. The molecule has 5 nitrogen and oxygen atoms in total. The van der Waals surface area contributed by atoms with Gasteiger partial charge < -0.3 is 14.2 Å². The Hall–Kier alpha value is -3.70. The number of carbonyl (C=O) groups excluding carboxylic acids is 2. The van der Waals surface area contributed by atoms with Crippen LogP contribution in [0.25, 0.3) is 0 Å². The van der Waals surface area contributed by atoms with E-state index in [0.717, 1.165) is 122 Å². The van der Waals surface area contributed by atoms with E-state index in [2.05, 4.69) is 142 Å². The lowest BCUT2D eigenvalue weighted by atomic mass is 10.0. The van der Waals surface area contributed by atoms with Crippen LogP contribution in [0.2, 0.25) is 0 Å². The van der Waals surface area contributed by atoms with E-state index in [1.807, 2.05) is 0 Å². The number of allylic oxidation sites excluding steroid dienone is 20. The Kier molecular flexibility index (Phi) is 56.5. The topological polar surface area (TPSA) is 61.8 Å². The molecular weight excluding hydrogens is 861 g/mol. The average Bonchev–Trinajstić information content (AvgIpc) is 3.36. The van der Waals surface area contributed by atoms with Crippen LogP contribution in [0.5, 0.6) is 0 Å². The van der Waals surface area contributed by atoms with Crippen LogP contribution in [-0.4, -0.2) is 37.9 Å². The lowest BCUT2D eigenvalue weighted by Gasteiger charge is -2.18. The molecule has 0 aromatic rings. The molecule has 0 aromatic carbocycles. The van der Waals surface area contributed by atoms with E-state index in [1.165, 1.54) is 96.3 Å². The Balaban J connectivity index is 4.43. The Bertz CT molecular complexity index is 1420. The van der Waals surface area contributed by atoms with E-state index in [0.29, 0.717) is 19.4 Å². The van der Waals surface area contributed by atoms with Gasteiger partial charge in [0.2, 0.25) is 0 Å². The quantitative estimate of drug-likeness (QED) is 0.0345. The summed E-state index contributed by atoms with van der Waals surface area (Å²) in [5, 5.41) is 0. The predicted molar refractivity (Wildman–Crippen MR) is 306 cm³/mol. The van der Waals surface area contributed by atoms with Gasteiger partial charge in [-0.3, -0.25) is 9.59 Å². The predicted octanol–water partition coefficient (Wildman–Crippen LogP) is 20.1. The lowest BCUT2D eigenvalue weighted by Crippen LogP contribution is -2.30. The fraction of sp³-hybridized carbons (Fsp3) is 0.662. The molecule has 398 valence electrons. The standard InChI is InChI=1S/C65H108O5/c1-4-7-10-13-16-19-22-25-28-31-32-33-36-39-42-45-48-51-54-57-60-68-61-63(70-65(67)59-56-53-50-47-44-41-38-35-30-27-24-21-18-15-12-9-6-3)62-69-64(66)58-55-52-49-46-43-40-37-34-29-26-23-20-17-14-11-8-5-2/h7-8,10-11,16-17,19-20,25-26,28-29,32-33,37,39-40,42,46,49,63H,4-6,9,12-15,18,21-24,27,30-31,34-36,38,41,43-45,47-48,50-62H2,1-3H3/b10-7-,11-8-,19-16-,20-17-,28-25-,29-26-,33-32-,40-37-,42-39-,49-46-. The Morgan fingerprint density at radius 2 is 0.657 bits per heavy atom. The van der Waals surface area contributed by atoms with Crippen molar-refractivity contribution in [2.45, 2.75) is 258 Å². The van der Waals surface area contributed by atoms with Gasteiger partial charge in [-0.25, -0.2) is 0 Å². The molecule has 0 aliphatic heterocycles. The third-order valence-electron chi connectivity index (χ3n) is 12.0. The van der Waals surface area contributed by atoms with Crippen LogP contribution in [0.1, 0.15) is 252 Å². The summed E-state index contributed by atoms with van der Waals surface area (Å²) < 4.78 is 17.4. The summed E-state index contributed by atoms with van der Waals surface area (Å²) in [4.78, 5) is 25.5. The van der Waals surface area contributed by atoms with Crippen LogP contribution < -0.4 is 0 Å². The third-order valence-corrected chi connectivity index (χ3v) is 12.0. The molecule has 0 saturated carbocycles. The van der Waals surface area contributed by atoms with Crippen molar-refractivity contribution in [2.75, 3.05) is 19.8 Å². The molecule has 0 fully saturated rings. The summed E-state index contributed by atoms with van der Waals surface area (Å²) >= 11 is 0. The molecule has 0 radical (unpaired) electrons. The highest BCUT2D eigenvalue weighted by molar-refractivity contribution is 5.70. The van der Waals surface area contributed by atoms with E-state index < -0.39 is 6.10 Å². The summed E-state index contributed by atoms with van der Waals surface area (Å²) in [6.07, 6.45) is 83.7. The summed E-state index contributed by atoms with van der Waals surface area (Å²) in [6, 6.07) is 0. The molecule has 1 atom stereocenters. The average molecular weight is 970 g/mol. The molecule has 0 amide bonds. The zero-order valence-corrected chi connectivity index (χ0v) is 45.7. The number of hydrogen-bond acceptors (Lipinski definition) is 5. The van der Waals surface area contributed by atoms with Gasteiger partial charge in [0, 0.05) is 19.4 Å². The fourth-order valence-electron chi connectivity index (χ4n) is 7.75. The van der Waals surface area contributed by atoms with Crippen molar-refractivity contribution in [1.82, 2.24) is 0 Å². The number of hydrogen-bond donors (Lipinski definition) is 0. The first-order chi connectivity index (χ1) is 34.6. The van der Waals surface area contributed by atoms with Crippen molar-refractivity contribution in [2.24, 2.45) is 0 Å². The molecule has 0 spiro atoms. The highest BCUT2D eigenvalue weighted by Crippen LogP contribution is 2.15. The van der Waals surface area contributed by atoms with Crippen LogP contribution in [0, 0.1) is 0 Å². The second kappa shape index (κ2) is 59.6. The molecule has 0 rings (SSSR count). The zero-order valence-electron chi connectivity index (χ0n) is 45.7. The summed E-state index contributed by atoms with van der Waals surface area (Å²) in [5.41, 5.74) is 0. The summed E-state index contributed by atoms with van der Waals surface area (Å²) in [5.74, 6) is -0.479. The zero-order chi connectivity index (χ0) is 50.6. The third kappa shape index (κ3) is 56.9. The highest BCUT2D eigenvalue weighted by Gasteiger charge is 2.17. The van der Waals surface area contributed by atoms with E-state index in [4.69, 9.17) is 14.2 Å². The number of carbonyl (C=O) groups is 2. The molecule has 5 heteroatoms. The highest BCUT2D eigenvalue weighted by atomic mass is 16.6. The number of esters is 2. The van der Waals surface area contributed by atoms with Gasteiger partial charge in [-0.2, -0.15) is 0 Å². The van der Waals surface area contributed by atoms with Crippen molar-refractivity contribution >= 4 is 11.9 Å². The minimum atomic E-state index is -0.580. The van der Waals surface area contributed by atoms with Gasteiger partial charge in [-0.05, 0) is 103 Å². The van der Waals surface area contributed by atoms with Crippen molar-refractivity contribution in [3.63, 3.8) is 0 Å². The van der Waals surface area contributed by atoms with E-state index in [-0.39, 0.29) is 25.2 Å². The Morgan fingerprint density at radius 1 is 0.329 bits per heavy atom. The lowest BCUT2D eigenvalue weighted by molar-refractivity contribution is -0.163. The smallest absolute Gasteiger partial charge is 0.306 e. The first-order valence-electron chi connectivity index (χ1n) is 29.1. The van der Waals surface area contributed by atoms with Gasteiger partial charge in [0.15, 0.2) is 6.10 Å². The second-order valence-corrected chi connectivity index (χ2v) is 18.8. The van der Waals surface area contributed by atoms with Crippen LogP contribution in [-0.2, 0) is 23.8 Å². The van der Waals surface area contributed by atoms with Crippen LogP contribution >= 0.6 is 0 Å². The number of unbranched alkanes of at least 4 members (excludes halogenated alkanes) is 21. The minimum Gasteiger partial charge on any atom is -0.462 e. The van der Waals surface area contributed by atoms with Crippen molar-refractivity contribution in [3.05, 3.63) is 122 Å². The monoisotopic (exact) mass is 969 g/mol. The molecule has 0 aliphatic carbocycles. The molecule has 70 heavy (non-hydrogen) atoms. The summed E-state index contributed by atoms with van der Waals surface area (Å²) in [6.45, 7) is 7.50. The van der Waals surface area contributed by atoms with Crippen LogP contribution in [0.3, 0.4) is 0 Å². The van der Waals surface area contributed by atoms with Gasteiger partial charge in [0.1, 0.15) is 6.61 Å². The van der Waals surface area contributed by atoms with Crippen LogP contribution in [0.15, 0.2) is 122 Å². The molecule has 0 aliphatic rings. The fourth-order valence-corrected chi connectivity index (χ4v) is 7.75. The molecule has 0 heterocycles. The maximum Gasteiger partial charge on any atom is 0.306 e. The number of ether oxygens (including phenoxy) is 3. The van der Waals surface area contributed by atoms with E-state index in [9.17, 15) is 9.59 Å². The number of rotatable bonds is 52. The first-order valence-corrected chi connectivity index (χ1v) is 29.1. The van der Waals surface area contributed by atoms with Crippen molar-refractivity contribution in [1.29, 1.82) is 0 Å². The van der Waals surface area contributed by atoms with Gasteiger partial charge in [0.25, 0.3) is 0 Å².